The zero-order valence-electron chi connectivity index (χ0n) is 16.8. The Kier molecular flexibility index (Phi) is 8.35. The van der Waals surface area contributed by atoms with Crippen molar-refractivity contribution in [3.8, 4) is 0 Å². The van der Waals surface area contributed by atoms with Crippen molar-refractivity contribution in [2.24, 2.45) is 11.7 Å². The zero-order valence-corrected chi connectivity index (χ0v) is 16.8. The van der Waals surface area contributed by atoms with Crippen LogP contribution in [0.4, 0.5) is 8.78 Å². The second-order valence-corrected chi connectivity index (χ2v) is 7.82. The van der Waals surface area contributed by atoms with Gasteiger partial charge in [-0.25, -0.2) is 8.78 Å². The first-order chi connectivity index (χ1) is 13.3. The predicted octanol–water partition coefficient (Wildman–Crippen LogP) is 3.24. The SMILES string of the molecule is CC(c1ccc(F)c(F)c1)N(C)C(=O)CN(CCC1CCCCC1)CC(N)=O. The third-order valence-electron chi connectivity index (χ3n) is 5.72. The highest BCUT2D eigenvalue weighted by atomic mass is 19.2. The van der Waals surface area contributed by atoms with Crippen molar-refractivity contribution >= 4 is 11.8 Å². The average Bonchev–Trinajstić information content (AvgIpc) is 2.67. The first-order valence-corrected chi connectivity index (χ1v) is 9.99. The summed E-state index contributed by atoms with van der Waals surface area (Å²) in [5.74, 6) is -1.87. The highest BCUT2D eigenvalue weighted by Gasteiger charge is 2.23. The van der Waals surface area contributed by atoms with Gasteiger partial charge in [-0.1, -0.05) is 38.2 Å². The van der Waals surface area contributed by atoms with Crippen LogP contribution in [0.3, 0.4) is 0 Å². The molecule has 2 rings (SSSR count). The maximum absolute atomic E-state index is 13.5. The van der Waals surface area contributed by atoms with E-state index in [1.165, 1.54) is 43.1 Å². The number of hydrogen-bond acceptors (Lipinski definition) is 3. The molecule has 0 aliphatic heterocycles. The molecule has 0 spiro atoms. The van der Waals surface area contributed by atoms with E-state index >= 15 is 0 Å². The molecule has 1 atom stereocenters. The van der Waals surface area contributed by atoms with E-state index in [9.17, 15) is 18.4 Å². The maximum atomic E-state index is 13.5. The minimum atomic E-state index is -0.937. The van der Waals surface area contributed by atoms with Gasteiger partial charge in [0.15, 0.2) is 11.6 Å². The van der Waals surface area contributed by atoms with Crippen molar-refractivity contribution in [2.45, 2.75) is 51.5 Å². The molecule has 7 heteroatoms. The Balaban J connectivity index is 1.95. The fourth-order valence-electron chi connectivity index (χ4n) is 3.79. The number of nitrogens with zero attached hydrogens (tertiary/aromatic N) is 2. The molecule has 1 fully saturated rings. The van der Waals surface area contributed by atoms with Crippen LogP contribution in [0.2, 0.25) is 0 Å². The molecule has 0 heterocycles. The van der Waals surface area contributed by atoms with Crippen LogP contribution in [0.1, 0.15) is 57.1 Å². The molecule has 28 heavy (non-hydrogen) atoms. The van der Waals surface area contributed by atoms with E-state index in [0.717, 1.165) is 18.6 Å². The van der Waals surface area contributed by atoms with E-state index in [2.05, 4.69) is 0 Å². The van der Waals surface area contributed by atoms with E-state index < -0.39 is 23.6 Å². The summed E-state index contributed by atoms with van der Waals surface area (Å²) < 4.78 is 26.6. The van der Waals surface area contributed by atoms with Crippen LogP contribution in [-0.2, 0) is 9.59 Å². The molecule has 0 radical (unpaired) electrons. The molecule has 2 amide bonds. The second-order valence-electron chi connectivity index (χ2n) is 7.82. The number of likely N-dealkylation sites (N-methyl/N-ethyl adjacent to an activating group) is 1. The second kappa shape index (κ2) is 10.5. The number of primary amides is 1. The van der Waals surface area contributed by atoms with Gasteiger partial charge in [0, 0.05) is 7.05 Å². The van der Waals surface area contributed by atoms with E-state index in [1.54, 1.807) is 18.9 Å². The molecule has 1 unspecified atom stereocenters. The summed E-state index contributed by atoms with van der Waals surface area (Å²) in [6.45, 7) is 2.50. The van der Waals surface area contributed by atoms with Crippen LogP contribution < -0.4 is 5.73 Å². The zero-order chi connectivity index (χ0) is 20.7. The van der Waals surface area contributed by atoms with Gasteiger partial charge in [-0.05, 0) is 43.5 Å². The fourth-order valence-corrected chi connectivity index (χ4v) is 3.79. The van der Waals surface area contributed by atoms with E-state index in [0.29, 0.717) is 18.0 Å². The molecule has 0 bridgehead atoms. The molecule has 156 valence electrons. The van der Waals surface area contributed by atoms with Crippen LogP contribution in [-0.4, -0.2) is 48.3 Å². The third kappa shape index (κ3) is 6.55. The van der Waals surface area contributed by atoms with Gasteiger partial charge in [0.05, 0.1) is 19.1 Å². The lowest BCUT2D eigenvalue weighted by Crippen LogP contribution is -2.43. The van der Waals surface area contributed by atoms with Crippen molar-refractivity contribution in [3.63, 3.8) is 0 Å². The summed E-state index contributed by atoms with van der Waals surface area (Å²) in [5, 5.41) is 0. The monoisotopic (exact) mass is 395 g/mol. The summed E-state index contributed by atoms with van der Waals surface area (Å²) in [5.41, 5.74) is 5.87. The first-order valence-electron chi connectivity index (χ1n) is 9.99. The van der Waals surface area contributed by atoms with Gasteiger partial charge >= 0.3 is 0 Å². The predicted molar refractivity (Wildman–Crippen MR) is 104 cm³/mol. The Morgan fingerprint density at radius 1 is 1.14 bits per heavy atom. The molecule has 1 saturated carbocycles. The highest BCUT2D eigenvalue weighted by molar-refractivity contribution is 5.80. The van der Waals surface area contributed by atoms with Crippen LogP contribution >= 0.6 is 0 Å². The lowest BCUT2D eigenvalue weighted by atomic mass is 9.87. The van der Waals surface area contributed by atoms with E-state index in [-0.39, 0.29) is 19.0 Å². The molecule has 1 aromatic rings. The van der Waals surface area contributed by atoms with E-state index in [1.807, 2.05) is 0 Å². The topological polar surface area (TPSA) is 66.6 Å². The Morgan fingerprint density at radius 3 is 2.43 bits per heavy atom. The number of carbonyl (C=O) groups is 2. The fraction of sp³-hybridized carbons (Fsp3) is 0.619. The number of hydrogen-bond donors (Lipinski definition) is 1. The van der Waals surface area contributed by atoms with Crippen LogP contribution in [0.5, 0.6) is 0 Å². The van der Waals surface area contributed by atoms with Crippen molar-refractivity contribution < 1.29 is 18.4 Å². The first kappa shape index (κ1) is 22.3. The van der Waals surface area contributed by atoms with Gasteiger partial charge in [0.25, 0.3) is 0 Å². The molecule has 0 aromatic heterocycles. The molecule has 1 aliphatic carbocycles. The Labute approximate surface area is 165 Å². The van der Waals surface area contributed by atoms with Gasteiger partial charge in [0.2, 0.25) is 11.8 Å². The van der Waals surface area contributed by atoms with E-state index in [4.69, 9.17) is 5.73 Å². The van der Waals surface area contributed by atoms with Crippen molar-refractivity contribution in [2.75, 3.05) is 26.7 Å². The minimum absolute atomic E-state index is 0.0336. The standard InChI is InChI=1S/C21H31F2N3O2/c1-15(17-8-9-18(22)19(23)12-17)25(2)21(28)14-26(13-20(24)27)11-10-16-6-4-3-5-7-16/h8-9,12,15-16H,3-7,10-11,13-14H2,1-2H3,(H2,24,27). The van der Waals surface area contributed by atoms with Crippen molar-refractivity contribution in [3.05, 3.63) is 35.4 Å². The van der Waals surface area contributed by atoms with Gasteiger partial charge in [0.1, 0.15) is 0 Å². The third-order valence-corrected chi connectivity index (χ3v) is 5.72. The molecular weight excluding hydrogens is 364 g/mol. The quantitative estimate of drug-likeness (QED) is 0.698. The van der Waals surface area contributed by atoms with Crippen LogP contribution in [0, 0.1) is 17.6 Å². The Bertz CT molecular complexity index is 678. The Hall–Kier alpha value is -2.02. The normalized spacial score (nSPS) is 16.2. The maximum Gasteiger partial charge on any atom is 0.237 e. The summed E-state index contributed by atoms with van der Waals surface area (Å²) in [6.07, 6.45) is 7.12. The minimum Gasteiger partial charge on any atom is -0.369 e. The van der Waals surface area contributed by atoms with Gasteiger partial charge in [-0.3, -0.25) is 14.5 Å². The average molecular weight is 395 g/mol. The number of benzene rings is 1. The molecular formula is C21H31F2N3O2. The molecule has 1 aromatic carbocycles. The smallest absolute Gasteiger partial charge is 0.237 e. The number of halogens is 2. The number of amides is 2. The van der Waals surface area contributed by atoms with Gasteiger partial charge in [-0.2, -0.15) is 0 Å². The molecule has 2 N–H and O–H groups in total. The number of carbonyl (C=O) groups excluding carboxylic acids is 2. The highest BCUT2D eigenvalue weighted by Crippen LogP contribution is 2.26. The lowest BCUT2D eigenvalue weighted by Gasteiger charge is -2.30. The lowest BCUT2D eigenvalue weighted by molar-refractivity contribution is -0.133. The Morgan fingerprint density at radius 2 is 1.82 bits per heavy atom. The molecule has 1 aliphatic rings. The molecule has 5 nitrogen and oxygen atoms in total. The van der Waals surface area contributed by atoms with Crippen LogP contribution in [0.15, 0.2) is 18.2 Å². The summed E-state index contributed by atoms with van der Waals surface area (Å²) >= 11 is 0. The summed E-state index contributed by atoms with van der Waals surface area (Å²) in [6, 6.07) is 3.21. The largest absolute Gasteiger partial charge is 0.369 e. The summed E-state index contributed by atoms with van der Waals surface area (Å²) in [4.78, 5) is 27.4. The van der Waals surface area contributed by atoms with Crippen molar-refractivity contribution in [1.82, 2.24) is 9.80 Å². The van der Waals surface area contributed by atoms with Crippen molar-refractivity contribution in [1.29, 1.82) is 0 Å². The van der Waals surface area contributed by atoms with Gasteiger partial charge < -0.3 is 10.6 Å². The molecule has 0 saturated heterocycles. The van der Waals surface area contributed by atoms with Gasteiger partial charge in [-0.15, -0.1) is 0 Å². The number of rotatable bonds is 9. The summed E-state index contributed by atoms with van der Waals surface area (Å²) in [7, 11) is 1.62. The number of nitrogens with two attached hydrogens (primary N) is 1. The van der Waals surface area contributed by atoms with Crippen LogP contribution in [0.25, 0.3) is 0 Å².